The average Bonchev–Trinajstić information content (AvgIpc) is 3.36. The number of thiophene rings is 3. The molecule has 132 valence electrons. The Bertz CT molecular complexity index is 1180. The Kier molecular flexibility index (Phi) is 4.62. The third kappa shape index (κ3) is 3.30. The van der Waals surface area contributed by atoms with Gasteiger partial charge in [-0.1, -0.05) is 12.1 Å². The second-order valence-electron chi connectivity index (χ2n) is 5.80. The normalized spacial score (nSPS) is 10.8. The maximum Gasteiger partial charge on any atom is 0.337 e. The largest absolute Gasteiger partial charge is 0.478 e. The van der Waals surface area contributed by atoms with E-state index in [1.54, 1.807) is 41.0 Å². The average molecular weight is 410 g/mol. The fraction of sp³-hybridized carbons (Fsp3) is 0.0500. The molecule has 4 nitrogen and oxygen atoms in total. The van der Waals surface area contributed by atoms with Crippen molar-refractivity contribution in [1.82, 2.24) is 0 Å². The third-order valence-corrected chi connectivity index (χ3v) is 7.26. The van der Waals surface area contributed by atoms with Gasteiger partial charge in [0, 0.05) is 26.3 Å². The summed E-state index contributed by atoms with van der Waals surface area (Å²) in [4.78, 5) is 25.7. The highest BCUT2D eigenvalue weighted by atomic mass is 32.1. The number of hydrogen-bond acceptors (Lipinski definition) is 6. The monoisotopic (exact) mass is 409 g/mol. The van der Waals surface area contributed by atoms with Crippen molar-refractivity contribution in [3.63, 3.8) is 0 Å². The number of nitriles is 1. The molecule has 4 rings (SSSR count). The number of hydrogen-bond donors (Lipinski definition) is 1. The van der Waals surface area contributed by atoms with Crippen LogP contribution in [0.2, 0.25) is 0 Å². The Hall–Kier alpha value is -2.79. The summed E-state index contributed by atoms with van der Waals surface area (Å²) in [5.41, 5.74) is 1.97. The van der Waals surface area contributed by atoms with Crippen LogP contribution < -0.4 is 0 Å². The first kappa shape index (κ1) is 17.6. The maximum absolute atomic E-state index is 12.7. The predicted molar refractivity (Wildman–Crippen MR) is 109 cm³/mol. The molecule has 0 unspecified atom stereocenters. The number of carbonyl (C=O) groups excluding carboxylic acids is 1. The Morgan fingerprint density at radius 2 is 1.85 bits per heavy atom. The van der Waals surface area contributed by atoms with Crippen LogP contribution in [-0.2, 0) is 6.42 Å². The highest BCUT2D eigenvalue weighted by molar-refractivity contribution is 7.27. The van der Waals surface area contributed by atoms with Gasteiger partial charge in [-0.15, -0.1) is 34.0 Å². The molecule has 0 aliphatic heterocycles. The minimum absolute atomic E-state index is 0.0658. The SMILES string of the molecule is N#Cc1ccc(-c2csc(CC(=O)c3cc4sccc4s3)c2C(=O)O)cc1. The Labute approximate surface area is 166 Å². The third-order valence-electron chi connectivity index (χ3n) is 4.14. The van der Waals surface area contributed by atoms with Gasteiger partial charge in [0.1, 0.15) is 0 Å². The molecule has 0 atom stereocenters. The second-order valence-corrected chi connectivity index (χ2v) is 8.80. The number of rotatable bonds is 5. The number of fused-ring (bicyclic) bond motifs is 1. The van der Waals surface area contributed by atoms with Gasteiger partial charge in [-0.3, -0.25) is 4.79 Å². The number of benzene rings is 1. The van der Waals surface area contributed by atoms with E-state index < -0.39 is 5.97 Å². The first-order valence-electron chi connectivity index (χ1n) is 7.91. The number of carboxylic acid groups (broad SMARTS) is 1. The number of nitrogens with zero attached hydrogens (tertiary/aromatic N) is 1. The van der Waals surface area contributed by atoms with Crippen molar-refractivity contribution < 1.29 is 14.7 Å². The van der Waals surface area contributed by atoms with Crippen LogP contribution in [0.3, 0.4) is 0 Å². The number of carbonyl (C=O) groups is 2. The summed E-state index contributed by atoms with van der Waals surface area (Å²) in [6, 6.07) is 12.7. The van der Waals surface area contributed by atoms with Crippen LogP contribution in [0.15, 0.2) is 47.2 Å². The van der Waals surface area contributed by atoms with Crippen molar-refractivity contribution in [3.05, 3.63) is 68.0 Å². The van der Waals surface area contributed by atoms with Crippen molar-refractivity contribution in [2.75, 3.05) is 0 Å². The quantitative estimate of drug-likeness (QED) is 0.430. The van der Waals surface area contributed by atoms with E-state index in [0.29, 0.717) is 20.9 Å². The zero-order valence-electron chi connectivity index (χ0n) is 13.8. The molecule has 0 aliphatic rings. The molecule has 0 spiro atoms. The van der Waals surface area contributed by atoms with E-state index in [0.717, 1.165) is 15.0 Å². The minimum Gasteiger partial charge on any atom is -0.478 e. The molecule has 0 saturated heterocycles. The highest BCUT2D eigenvalue weighted by Crippen LogP contribution is 2.35. The van der Waals surface area contributed by atoms with Gasteiger partial charge >= 0.3 is 5.97 Å². The molecule has 0 aliphatic carbocycles. The summed E-state index contributed by atoms with van der Waals surface area (Å²) >= 11 is 4.31. The fourth-order valence-electron chi connectivity index (χ4n) is 2.84. The van der Waals surface area contributed by atoms with Gasteiger partial charge in [-0.2, -0.15) is 5.26 Å². The van der Waals surface area contributed by atoms with Gasteiger partial charge in [0.15, 0.2) is 5.78 Å². The lowest BCUT2D eigenvalue weighted by Crippen LogP contribution is -2.06. The van der Waals surface area contributed by atoms with Crippen LogP contribution in [0, 0.1) is 11.3 Å². The molecule has 4 aromatic rings. The molecule has 3 aromatic heterocycles. The fourth-order valence-corrected chi connectivity index (χ4v) is 5.93. The zero-order chi connectivity index (χ0) is 19.0. The Morgan fingerprint density at radius 1 is 1.07 bits per heavy atom. The maximum atomic E-state index is 12.7. The standard InChI is InChI=1S/C20H11NO3S3/c21-9-11-1-3-12(4-2-11)13-10-26-18(19(13)20(23)24)7-14(22)16-8-17-15(27-16)5-6-25-17/h1-6,8,10H,7H2,(H,23,24). The summed E-state index contributed by atoms with van der Waals surface area (Å²) in [6.07, 6.45) is 0.0658. The van der Waals surface area contributed by atoms with Crippen LogP contribution in [0.1, 0.15) is 30.5 Å². The van der Waals surface area contributed by atoms with Gasteiger partial charge in [0.25, 0.3) is 0 Å². The van der Waals surface area contributed by atoms with E-state index in [1.165, 1.54) is 22.7 Å². The lowest BCUT2D eigenvalue weighted by molar-refractivity contribution is 0.0697. The Balaban J connectivity index is 1.67. The van der Waals surface area contributed by atoms with Crippen LogP contribution in [0.5, 0.6) is 0 Å². The summed E-state index contributed by atoms with van der Waals surface area (Å²) in [5.74, 6) is -1.12. The van der Waals surface area contributed by atoms with E-state index in [1.807, 2.05) is 23.6 Å². The molecule has 7 heteroatoms. The molecule has 0 fully saturated rings. The molecular formula is C20H11NO3S3. The number of aromatic carboxylic acids is 1. The summed E-state index contributed by atoms with van der Waals surface area (Å²) in [6.45, 7) is 0. The molecule has 0 amide bonds. The van der Waals surface area contributed by atoms with Gasteiger partial charge < -0.3 is 5.11 Å². The van der Waals surface area contributed by atoms with Gasteiger partial charge in [-0.05, 0) is 40.6 Å². The second kappa shape index (κ2) is 7.08. The molecule has 0 radical (unpaired) electrons. The lowest BCUT2D eigenvalue weighted by atomic mass is 10.00. The molecule has 0 saturated carbocycles. The minimum atomic E-state index is -1.05. The van der Waals surface area contributed by atoms with Crippen LogP contribution in [0.25, 0.3) is 20.5 Å². The van der Waals surface area contributed by atoms with Crippen LogP contribution in [0.4, 0.5) is 0 Å². The number of carboxylic acids is 1. The Morgan fingerprint density at radius 3 is 2.52 bits per heavy atom. The van der Waals surface area contributed by atoms with Crippen molar-refractivity contribution in [2.24, 2.45) is 0 Å². The van der Waals surface area contributed by atoms with Crippen molar-refractivity contribution in [1.29, 1.82) is 5.26 Å². The van der Waals surface area contributed by atoms with Crippen LogP contribution in [-0.4, -0.2) is 16.9 Å². The highest BCUT2D eigenvalue weighted by Gasteiger charge is 2.22. The van der Waals surface area contributed by atoms with Gasteiger partial charge in [0.05, 0.1) is 22.1 Å². The van der Waals surface area contributed by atoms with Gasteiger partial charge in [-0.25, -0.2) is 4.79 Å². The molecule has 27 heavy (non-hydrogen) atoms. The molecule has 1 N–H and O–H groups in total. The molecule has 3 heterocycles. The van der Waals surface area contributed by atoms with E-state index in [-0.39, 0.29) is 17.8 Å². The predicted octanol–water partition coefficient (Wildman–Crippen LogP) is 5.69. The van der Waals surface area contributed by atoms with Crippen LogP contribution >= 0.6 is 34.0 Å². The van der Waals surface area contributed by atoms with E-state index in [4.69, 9.17) is 5.26 Å². The summed E-state index contributed by atoms with van der Waals surface area (Å²) < 4.78 is 2.15. The summed E-state index contributed by atoms with van der Waals surface area (Å²) in [7, 11) is 0. The molecule has 1 aromatic carbocycles. The smallest absolute Gasteiger partial charge is 0.337 e. The lowest BCUT2D eigenvalue weighted by Gasteiger charge is -2.03. The van der Waals surface area contributed by atoms with E-state index in [9.17, 15) is 14.7 Å². The van der Waals surface area contributed by atoms with Crippen molar-refractivity contribution in [2.45, 2.75) is 6.42 Å². The topological polar surface area (TPSA) is 78.2 Å². The summed E-state index contributed by atoms with van der Waals surface area (Å²) in [5, 5.41) is 22.4. The van der Waals surface area contributed by atoms with E-state index in [2.05, 4.69) is 0 Å². The van der Waals surface area contributed by atoms with E-state index >= 15 is 0 Å². The first-order chi connectivity index (χ1) is 13.1. The zero-order valence-corrected chi connectivity index (χ0v) is 16.2. The van der Waals surface area contributed by atoms with Crippen molar-refractivity contribution in [3.8, 4) is 17.2 Å². The molecule has 0 bridgehead atoms. The molecular weight excluding hydrogens is 398 g/mol. The van der Waals surface area contributed by atoms with Gasteiger partial charge in [0.2, 0.25) is 0 Å². The number of Topliss-reactive ketones (excluding diaryl/α,β-unsaturated/α-hetero) is 1. The number of ketones is 1. The first-order valence-corrected chi connectivity index (χ1v) is 10.5. The van der Waals surface area contributed by atoms with Crippen molar-refractivity contribution >= 4 is 55.2 Å².